The molecule has 1 amide bonds. The first-order valence-electron chi connectivity index (χ1n) is 7.89. The van der Waals surface area contributed by atoms with Crippen molar-refractivity contribution < 1.29 is 4.79 Å². The van der Waals surface area contributed by atoms with Gasteiger partial charge in [0.2, 0.25) is 5.91 Å². The molecule has 0 aliphatic carbocycles. The summed E-state index contributed by atoms with van der Waals surface area (Å²) < 4.78 is 2.99. The Morgan fingerprint density at radius 3 is 2.91 bits per heavy atom. The van der Waals surface area contributed by atoms with Gasteiger partial charge in [-0.3, -0.25) is 14.3 Å². The molecule has 2 aromatic rings. The van der Waals surface area contributed by atoms with Crippen molar-refractivity contribution in [1.29, 1.82) is 0 Å². The zero-order valence-corrected chi connectivity index (χ0v) is 13.3. The molecular weight excluding hydrogens is 294 g/mol. The van der Waals surface area contributed by atoms with Crippen LogP contribution in [-0.4, -0.2) is 30.1 Å². The summed E-state index contributed by atoms with van der Waals surface area (Å²) in [6.45, 7) is 3.66. The van der Waals surface area contributed by atoms with Crippen molar-refractivity contribution in [2.75, 3.05) is 0 Å². The number of hydrogen-bond acceptors (Lipinski definition) is 4. The summed E-state index contributed by atoms with van der Waals surface area (Å²) in [5.74, 6) is 0.763. The number of fused-ring (bicyclic) bond motifs is 2. The van der Waals surface area contributed by atoms with Crippen LogP contribution in [0.25, 0.3) is 0 Å². The van der Waals surface area contributed by atoms with Crippen molar-refractivity contribution in [1.82, 2.24) is 24.2 Å². The van der Waals surface area contributed by atoms with Crippen LogP contribution >= 0.6 is 0 Å². The maximum atomic E-state index is 12.8. The molecule has 120 valence electrons. The van der Waals surface area contributed by atoms with Gasteiger partial charge in [0.15, 0.2) is 0 Å². The Balaban J connectivity index is 1.53. The van der Waals surface area contributed by atoms with Crippen LogP contribution in [0.5, 0.6) is 0 Å². The van der Waals surface area contributed by atoms with E-state index in [-0.39, 0.29) is 17.5 Å². The highest BCUT2D eigenvalue weighted by Gasteiger charge is 2.33. The Morgan fingerprint density at radius 2 is 2.09 bits per heavy atom. The molecule has 0 saturated heterocycles. The number of carbonyl (C=O) groups excluding carboxylic acids is 1. The van der Waals surface area contributed by atoms with Gasteiger partial charge in [0.1, 0.15) is 5.82 Å². The van der Waals surface area contributed by atoms with Gasteiger partial charge in [-0.05, 0) is 30.5 Å². The fourth-order valence-corrected chi connectivity index (χ4v) is 3.56. The lowest BCUT2D eigenvalue weighted by molar-refractivity contribution is -0.137. The largest absolute Gasteiger partial charge is 0.345 e. The lowest BCUT2D eigenvalue weighted by atomic mass is 9.98. The molecule has 1 atom stereocenters. The predicted octanol–water partition coefficient (Wildman–Crippen LogP) is 0.390. The first-order chi connectivity index (χ1) is 11.0. The summed E-state index contributed by atoms with van der Waals surface area (Å²) in [6, 6.07) is 2.05. The number of aryl methyl sites for hydroxylation is 3. The molecule has 2 aromatic heterocycles. The van der Waals surface area contributed by atoms with Gasteiger partial charge in [0.25, 0.3) is 0 Å². The van der Waals surface area contributed by atoms with Gasteiger partial charge in [0.05, 0.1) is 5.92 Å². The van der Waals surface area contributed by atoms with E-state index in [1.165, 1.54) is 10.2 Å². The molecule has 4 heterocycles. The van der Waals surface area contributed by atoms with Gasteiger partial charge in [-0.2, -0.15) is 5.10 Å². The molecule has 2 aliphatic rings. The Labute approximate surface area is 133 Å². The Hall–Kier alpha value is -2.44. The van der Waals surface area contributed by atoms with E-state index in [2.05, 4.69) is 10.1 Å². The fourth-order valence-electron chi connectivity index (χ4n) is 3.56. The number of carbonyl (C=O) groups is 1. The Bertz CT molecular complexity index is 851. The average molecular weight is 313 g/mol. The third-order valence-electron chi connectivity index (χ3n) is 4.81. The minimum Gasteiger partial charge on any atom is -0.334 e. The molecule has 0 spiro atoms. The fraction of sp³-hybridized carbons (Fsp3) is 0.500. The number of hydrogen-bond donors (Lipinski definition) is 0. The summed E-state index contributed by atoms with van der Waals surface area (Å²) in [5, 5.41) is 4.22. The van der Waals surface area contributed by atoms with Crippen LogP contribution in [-0.2, 0) is 37.9 Å². The van der Waals surface area contributed by atoms with Crippen LogP contribution in [0.15, 0.2) is 17.1 Å². The summed E-state index contributed by atoms with van der Waals surface area (Å²) in [6.07, 6.45) is 3.29. The van der Waals surface area contributed by atoms with Crippen molar-refractivity contribution >= 4 is 5.91 Å². The third kappa shape index (κ3) is 2.27. The molecule has 0 aromatic carbocycles. The number of aromatic nitrogens is 4. The van der Waals surface area contributed by atoms with Crippen LogP contribution in [0, 0.1) is 12.8 Å². The topological polar surface area (TPSA) is 73.0 Å². The highest BCUT2D eigenvalue weighted by molar-refractivity contribution is 5.79. The predicted molar refractivity (Wildman–Crippen MR) is 82.5 cm³/mol. The second-order valence-electron chi connectivity index (χ2n) is 6.46. The smallest absolute Gasteiger partial charge is 0.334 e. The molecule has 0 fully saturated rings. The van der Waals surface area contributed by atoms with Gasteiger partial charge in [0, 0.05) is 45.0 Å². The van der Waals surface area contributed by atoms with Crippen molar-refractivity contribution in [3.8, 4) is 0 Å². The highest BCUT2D eigenvalue weighted by Crippen LogP contribution is 2.27. The molecule has 1 unspecified atom stereocenters. The van der Waals surface area contributed by atoms with E-state index in [1.807, 2.05) is 24.1 Å². The van der Waals surface area contributed by atoms with Gasteiger partial charge in [-0.15, -0.1) is 0 Å². The zero-order chi connectivity index (χ0) is 16.1. The van der Waals surface area contributed by atoms with Crippen LogP contribution in [0.4, 0.5) is 0 Å². The van der Waals surface area contributed by atoms with Gasteiger partial charge >= 0.3 is 5.69 Å². The summed E-state index contributed by atoms with van der Waals surface area (Å²) >= 11 is 0. The van der Waals surface area contributed by atoms with E-state index in [0.29, 0.717) is 26.1 Å². The number of rotatable bonds is 1. The maximum absolute atomic E-state index is 12.8. The summed E-state index contributed by atoms with van der Waals surface area (Å²) in [7, 11) is 1.65. The van der Waals surface area contributed by atoms with Crippen molar-refractivity contribution in [3.05, 3.63) is 45.4 Å². The average Bonchev–Trinajstić information content (AvgIpc) is 3.08. The van der Waals surface area contributed by atoms with Crippen LogP contribution in [0.3, 0.4) is 0 Å². The normalized spacial score (nSPS) is 19.6. The van der Waals surface area contributed by atoms with E-state index in [9.17, 15) is 9.59 Å². The number of pyridine rings is 1. The molecule has 0 radical (unpaired) electrons. The van der Waals surface area contributed by atoms with Gasteiger partial charge < -0.3 is 4.90 Å². The second kappa shape index (κ2) is 5.04. The lowest BCUT2D eigenvalue weighted by Gasteiger charge is -2.26. The SMILES string of the molecule is Cc1cc2c(cn1)CN(C(=O)C1CCc3nn(C)c(=O)n3C1)C2. The standard InChI is InChI=1S/C16H19N5O2/c1-10-5-12-7-20(8-13(12)6-17-10)15(22)11-3-4-14-18-19(2)16(23)21(14)9-11/h5-6,11H,3-4,7-9H2,1-2H3. The molecule has 2 aliphatic heterocycles. The molecule has 0 bridgehead atoms. The minimum absolute atomic E-state index is 0.125. The monoisotopic (exact) mass is 313 g/mol. The van der Waals surface area contributed by atoms with Gasteiger partial charge in [-0.1, -0.05) is 0 Å². The maximum Gasteiger partial charge on any atom is 0.345 e. The number of nitrogens with zero attached hydrogens (tertiary/aromatic N) is 5. The van der Waals surface area contributed by atoms with Crippen molar-refractivity contribution in [2.45, 2.75) is 39.4 Å². The van der Waals surface area contributed by atoms with E-state index in [4.69, 9.17) is 0 Å². The van der Waals surface area contributed by atoms with Crippen LogP contribution < -0.4 is 5.69 Å². The molecular formula is C16H19N5O2. The molecule has 0 saturated carbocycles. The Morgan fingerprint density at radius 1 is 1.30 bits per heavy atom. The van der Waals surface area contributed by atoms with E-state index in [0.717, 1.165) is 23.5 Å². The first kappa shape index (κ1) is 14.2. The minimum atomic E-state index is -0.146. The summed E-state index contributed by atoms with van der Waals surface area (Å²) in [5.41, 5.74) is 3.14. The molecule has 4 rings (SSSR count). The molecule has 7 nitrogen and oxygen atoms in total. The highest BCUT2D eigenvalue weighted by atomic mass is 16.2. The Kier molecular flexibility index (Phi) is 3.11. The van der Waals surface area contributed by atoms with Crippen LogP contribution in [0.2, 0.25) is 0 Å². The molecule has 0 N–H and O–H groups in total. The second-order valence-corrected chi connectivity index (χ2v) is 6.46. The van der Waals surface area contributed by atoms with E-state index in [1.54, 1.807) is 11.6 Å². The van der Waals surface area contributed by atoms with Crippen molar-refractivity contribution in [3.63, 3.8) is 0 Å². The third-order valence-corrected chi connectivity index (χ3v) is 4.81. The van der Waals surface area contributed by atoms with E-state index >= 15 is 0 Å². The van der Waals surface area contributed by atoms with E-state index < -0.39 is 0 Å². The van der Waals surface area contributed by atoms with Crippen LogP contribution in [0.1, 0.15) is 29.1 Å². The summed E-state index contributed by atoms with van der Waals surface area (Å²) in [4.78, 5) is 31.1. The number of amides is 1. The lowest BCUT2D eigenvalue weighted by Crippen LogP contribution is -2.39. The quantitative estimate of drug-likeness (QED) is 0.763. The molecule has 7 heteroatoms. The van der Waals surface area contributed by atoms with Crippen molar-refractivity contribution in [2.24, 2.45) is 13.0 Å². The first-order valence-corrected chi connectivity index (χ1v) is 7.89. The van der Waals surface area contributed by atoms with Gasteiger partial charge in [-0.25, -0.2) is 9.48 Å². The zero-order valence-electron chi connectivity index (χ0n) is 13.3. The molecule has 23 heavy (non-hydrogen) atoms.